The third-order valence-electron chi connectivity index (χ3n) is 13.5. The van der Waals surface area contributed by atoms with Crippen LogP contribution in [0.3, 0.4) is 0 Å². The Kier molecular flexibility index (Phi) is 33.7. The zero-order valence-electron chi connectivity index (χ0n) is 55.3. The van der Waals surface area contributed by atoms with E-state index in [1.54, 1.807) is 64.3 Å². The van der Waals surface area contributed by atoms with Crippen LogP contribution in [0.1, 0.15) is 72.1 Å². The summed E-state index contributed by atoms with van der Waals surface area (Å²) in [6.45, 7) is 8.25. The van der Waals surface area contributed by atoms with Gasteiger partial charge in [-0.25, -0.2) is 15.0 Å². The minimum atomic E-state index is -0.637. The second kappa shape index (κ2) is 42.8. The van der Waals surface area contributed by atoms with Crippen LogP contribution < -0.4 is 53.0 Å². The summed E-state index contributed by atoms with van der Waals surface area (Å²) >= 11 is 0. The van der Waals surface area contributed by atoms with Crippen LogP contribution in [0.4, 0.5) is 28.7 Å². The van der Waals surface area contributed by atoms with Gasteiger partial charge in [0.05, 0.1) is 130 Å². The zero-order valence-corrected chi connectivity index (χ0v) is 55.3. The van der Waals surface area contributed by atoms with E-state index >= 15 is 0 Å². The number of nitrogens with two attached hydrogens (primary N) is 1. The van der Waals surface area contributed by atoms with E-state index in [9.17, 15) is 38.4 Å². The lowest BCUT2D eigenvalue weighted by Crippen LogP contribution is -2.33. The van der Waals surface area contributed by atoms with E-state index in [2.05, 4.69) is 57.5 Å². The number of carbonyl (C=O) groups excluding carboxylic acids is 8. The highest BCUT2D eigenvalue weighted by Gasteiger charge is 2.21. The number of benzene rings is 1. The summed E-state index contributed by atoms with van der Waals surface area (Å²) in [5, 5.41) is 21.3. The Morgan fingerprint density at radius 3 is 1.16 bits per heavy atom. The molecule has 0 fully saturated rings. The van der Waals surface area contributed by atoms with Gasteiger partial charge >= 0.3 is 0 Å². The summed E-state index contributed by atoms with van der Waals surface area (Å²) in [6.07, 6.45) is 8.84. The van der Waals surface area contributed by atoms with Crippen molar-refractivity contribution < 1.29 is 85.7 Å². The van der Waals surface area contributed by atoms with Crippen molar-refractivity contribution in [2.45, 2.75) is 19.3 Å². The third kappa shape index (κ3) is 28.7. The second-order valence-corrected chi connectivity index (χ2v) is 21.2. The number of rotatable bonds is 49. The van der Waals surface area contributed by atoms with Crippen molar-refractivity contribution in [2.24, 2.45) is 35.2 Å². The number of nitrogens with one attached hydrogen (secondary N) is 8. The number of amides is 8. The fourth-order valence-corrected chi connectivity index (χ4v) is 8.69. The molecule has 0 bridgehead atoms. The first-order valence-electron chi connectivity index (χ1n) is 31.3. The number of ether oxygens (including phenoxy) is 10. The number of aryl methyl sites for hydroxylation is 5. The highest BCUT2D eigenvalue weighted by Crippen LogP contribution is 2.18. The van der Waals surface area contributed by atoms with E-state index < -0.39 is 41.4 Å². The molecule has 0 unspecified atom stereocenters. The van der Waals surface area contributed by atoms with Gasteiger partial charge in [-0.2, -0.15) is 0 Å². The Hall–Kier alpha value is -9.59. The first-order chi connectivity index (χ1) is 46.9. The average molecular weight is 1360 g/mol. The molecule has 35 nitrogen and oxygen atoms in total. The molecule has 6 rings (SSSR count). The Labute approximate surface area is 560 Å². The summed E-state index contributed by atoms with van der Waals surface area (Å²) in [4.78, 5) is 115. The fraction of sp³-hybridized carbons (Fsp3) is 0.500. The Morgan fingerprint density at radius 2 is 0.753 bits per heavy atom. The molecule has 8 amide bonds. The number of aromatic nitrogens is 8. The summed E-state index contributed by atoms with van der Waals surface area (Å²) in [6, 6.07) is 10.1. The number of carbonyl (C=O) groups is 8. The molecular weight excluding hydrogens is 1270 g/mol. The molecule has 5 aromatic heterocycles. The molecule has 10 N–H and O–H groups in total. The van der Waals surface area contributed by atoms with E-state index in [-0.39, 0.29) is 104 Å². The van der Waals surface area contributed by atoms with Gasteiger partial charge in [0.15, 0.2) is 17.5 Å². The molecule has 0 saturated heterocycles. The van der Waals surface area contributed by atoms with E-state index in [4.69, 9.17) is 53.1 Å². The Morgan fingerprint density at radius 1 is 0.381 bits per heavy atom. The van der Waals surface area contributed by atoms with Gasteiger partial charge in [-0.1, -0.05) is 0 Å². The predicted molar refractivity (Wildman–Crippen MR) is 351 cm³/mol. The minimum absolute atomic E-state index is 0.00240. The number of hydrogen-bond donors (Lipinski definition) is 9. The van der Waals surface area contributed by atoms with Gasteiger partial charge in [0, 0.05) is 124 Å². The van der Waals surface area contributed by atoms with Gasteiger partial charge in [-0.3, -0.25) is 38.4 Å². The minimum Gasteiger partial charge on any atom is -0.491 e. The summed E-state index contributed by atoms with van der Waals surface area (Å²) < 4.78 is 62.5. The van der Waals surface area contributed by atoms with Crippen LogP contribution in [0.5, 0.6) is 5.75 Å². The standard InChI is InChI=1S/C62H89N17O18/c1-75-18-16-65-55(75)61(86)69-45-38-48(76(2)40-45)58(83)66-15-12-54(82)72-51-43-79(5)57(74-51)62(87)70-46-39-49(77(3)41-46)59(84)67-14-11-53(81)71-50-42-78(4)56(73-50)60(85)68-13-10-52(80)64-17-19-88-20-21-89-22-23-90-24-25-91-26-27-92-28-29-93-30-31-94-32-33-95-34-35-96-36-37-97-47-8-6-44(63)7-9-47/h6-9,16,18,38-43H,10-15,17,19-37,63H2,1-5H3,(H,64,80)(H,66,83)(H,67,84)(H,68,85)(H,69,86)(H,70,87)(H,71,81)(H,72,82). The molecule has 0 aliphatic heterocycles. The summed E-state index contributed by atoms with van der Waals surface area (Å²) in [5.74, 6) is -2.85. The maximum absolute atomic E-state index is 13.3. The van der Waals surface area contributed by atoms with Crippen LogP contribution in [-0.4, -0.2) is 237 Å². The van der Waals surface area contributed by atoms with Crippen LogP contribution >= 0.6 is 0 Å². The highest BCUT2D eigenvalue weighted by molar-refractivity contribution is 6.04. The van der Waals surface area contributed by atoms with Gasteiger partial charge in [-0.15, -0.1) is 0 Å². The number of hydrogen-bond acceptors (Lipinski definition) is 22. The zero-order chi connectivity index (χ0) is 69.6. The van der Waals surface area contributed by atoms with Crippen molar-refractivity contribution >= 4 is 76.0 Å². The predicted octanol–water partition coefficient (Wildman–Crippen LogP) is 0.633. The van der Waals surface area contributed by atoms with Crippen molar-refractivity contribution in [1.82, 2.24) is 59.1 Å². The van der Waals surface area contributed by atoms with Gasteiger partial charge in [0.25, 0.3) is 29.5 Å². The molecular formula is C62H89N17O18. The highest BCUT2D eigenvalue weighted by atomic mass is 16.6. The number of anilines is 5. The average Bonchev–Trinajstić information content (AvgIpc) is 1.72. The Balaban J connectivity index is 0.697. The molecule has 97 heavy (non-hydrogen) atoms. The van der Waals surface area contributed by atoms with Crippen LogP contribution in [-0.2, 0) is 92.3 Å². The van der Waals surface area contributed by atoms with Gasteiger partial charge in [-0.05, 0) is 36.4 Å². The maximum atomic E-state index is 13.3. The van der Waals surface area contributed by atoms with Crippen molar-refractivity contribution in [2.75, 3.05) is 179 Å². The molecule has 6 aromatic rings. The largest absolute Gasteiger partial charge is 0.491 e. The molecule has 0 saturated carbocycles. The van der Waals surface area contributed by atoms with E-state index in [0.717, 1.165) is 5.75 Å². The first-order valence-corrected chi connectivity index (χ1v) is 31.3. The third-order valence-corrected chi connectivity index (χ3v) is 13.5. The number of nitrogens with zero attached hydrogens (tertiary/aromatic N) is 8. The van der Waals surface area contributed by atoms with E-state index in [1.807, 2.05) is 12.1 Å². The molecule has 1 aromatic carbocycles. The lowest BCUT2D eigenvalue weighted by molar-refractivity contribution is -0.121. The molecule has 35 heteroatoms. The number of imidazole rings is 3. The second-order valence-electron chi connectivity index (χ2n) is 21.2. The monoisotopic (exact) mass is 1360 g/mol. The number of nitrogen functional groups attached to an aromatic ring is 1. The van der Waals surface area contributed by atoms with E-state index in [1.165, 1.54) is 55.2 Å². The summed E-state index contributed by atoms with van der Waals surface area (Å²) in [5.41, 5.74) is 7.41. The van der Waals surface area contributed by atoms with Crippen LogP contribution in [0, 0.1) is 0 Å². The molecule has 0 atom stereocenters. The first kappa shape index (κ1) is 76.4. The van der Waals surface area contributed by atoms with Gasteiger partial charge in [0.1, 0.15) is 23.7 Å². The van der Waals surface area contributed by atoms with Crippen molar-refractivity contribution in [3.05, 3.63) is 102 Å². The summed E-state index contributed by atoms with van der Waals surface area (Å²) in [7, 11) is 8.05. The fourth-order valence-electron chi connectivity index (χ4n) is 8.69. The van der Waals surface area contributed by atoms with E-state index in [0.29, 0.717) is 130 Å². The lowest BCUT2D eigenvalue weighted by Gasteiger charge is -2.09. The Bertz CT molecular complexity index is 3430. The molecule has 0 spiro atoms. The topological polar surface area (TPSA) is 414 Å². The van der Waals surface area contributed by atoms with Gasteiger partial charge in [0.2, 0.25) is 29.4 Å². The van der Waals surface area contributed by atoms with Crippen molar-refractivity contribution in [1.29, 1.82) is 0 Å². The lowest BCUT2D eigenvalue weighted by atomic mass is 10.3. The van der Waals surface area contributed by atoms with Crippen molar-refractivity contribution in [3.63, 3.8) is 0 Å². The van der Waals surface area contributed by atoms with Crippen LogP contribution in [0.25, 0.3) is 0 Å². The SMILES string of the molecule is Cn1cc(NC(=O)c2nc(NC(=O)CCNC(=O)c3cc(NC(=O)c4nccn4C)cn3C)cn2C)cc1C(=O)NCCC(=O)Nc1cn(C)c(C(=O)NCCC(=O)NCCOCCOCCOCCOCCOCCOCCOCCOCCOCCOc2ccc(N)cc2)n1. The molecule has 5 heterocycles. The quantitative estimate of drug-likeness (QED) is 0.0187. The molecule has 0 aliphatic carbocycles. The molecule has 0 aliphatic rings. The molecule has 0 radical (unpaired) electrons. The maximum Gasteiger partial charge on any atom is 0.291 e. The normalized spacial score (nSPS) is 11.1. The van der Waals surface area contributed by atoms with Crippen molar-refractivity contribution in [3.8, 4) is 5.75 Å². The smallest absolute Gasteiger partial charge is 0.291 e. The molecule has 530 valence electrons. The van der Waals surface area contributed by atoms with Gasteiger partial charge < -0.3 is 118 Å². The van der Waals surface area contributed by atoms with Crippen LogP contribution in [0.2, 0.25) is 0 Å². The van der Waals surface area contributed by atoms with Crippen LogP contribution in [0.15, 0.2) is 73.6 Å².